The number of rotatable bonds is 0. The molecule has 0 aromatic rings. The minimum atomic E-state index is 0. The Morgan fingerprint density at radius 2 is 0.750 bits per heavy atom. The summed E-state index contributed by atoms with van der Waals surface area (Å²) in [5.74, 6) is 0. The molecule has 4 heavy (non-hydrogen) atoms. The molecule has 0 rings (SSSR count). The van der Waals surface area contributed by atoms with Crippen molar-refractivity contribution in [2.24, 2.45) is 0 Å². The van der Waals surface area contributed by atoms with E-state index in [9.17, 15) is 0 Å². The first-order chi connectivity index (χ1) is 0. The Labute approximate surface area is 70.8 Å². The smallest absolute Gasteiger partial charge is 1.00 e. The van der Waals surface area contributed by atoms with Gasteiger partial charge in [-0.05, 0) is 0 Å². The number of hydrogen-bond donors (Lipinski definition) is 0. The van der Waals surface area contributed by atoms with Gasteiger partial charge in [0.1, 0.15) is 0 Å². The van der Waals surface area contributed by atoms with Crippen LogP contribution in [-0.2, 0) is 46.8 Å². The predicted octanol–water partition coefficient (Wildman–Crippen LogP) is -6.00. The average molecular weight is 249 g/mol. The monoisotopic (exact) mass is 248 g/mol. The van der Waals surface area contributed by atoms with E-state index in [1.165, 1.54) is 0 Å². The molecular weight excluding hydrogens is 249 g/mol. The molecule has 0 aliphatic carbocycles. The normalized spacial score (nSPS) is 0. The van der Waals surface area contributed by atoms with E-state index in [0.29, 0.717) is 0 Å². The van der Waals surface area contributed by atoms with E-state index >= 15 is 0 Å². The quantitative estimate of drug-likeness (QED) is 0.375. The molecule has 18 valence electrons. The summed E-state index contributed by atoms with van der Waals surface area (Å²) in [7, 11) is 0. The van der Waals surface area contributed by atoms with Gasteiger partial charge < -0.3 is 24.8 Å². The molecule has 0 atom stereocenters. The van der Waals surface area contributed by atoms with Crippen LogP contribution in [0, 0.1) is 0 Å². The van der Waals surface area contributed by atoms with E-state index in [-0.39, 0.29) is 71.6 Å². The van der Waals surface area contributed by atoms with Crippen LogP contribution < -0.4 is 24.8 Å². The van der Waals surface area contributed by atoms with Gasteiger partial charge >= 0.3 is 27.3 Å². The van der Waals surface area contributed by atoms with Crippen molar-refractivity contribution >= 4 is 0 Å². The first-order valence-electron chi connectivity index (χ1n) is 0. The molecule has 0 fully saturated rings. The largest absolute Gasteiger partial charge is 2.00 e. The van der Waals surface area contributed by atoms with Gasteiger partial charge in [-0.25, -0.2) is 0 Å². The minimum absolute atomic E-state index is 0. The van der Waals surface area contributed by atoms with E-state index < -0.39 is 0 Å². The zero-order chi connectivity index (χ0) is 0. The van der Waals surface area contributed by atoms with Gasteiger partial charge in [-0.1, -0.05) is 0 Å². The van der Waals surface area contributed by atoms with E-state index in [4.69, 9.17) is 0 Å². The van der Waals surface area contributed by atoms with Crippen molar-refractivity contribution in [2.75, 3.05) is 0 Å². The van der Waals surface area contributed by atoms with Gasteiger partial charge in [0.25, 0.3) is 0 Å². The fraction of sp³-hybridized carbons (Fsp3) is 0. The Morgan fingerprint density at radius 3 is 0.750 bits per heavy atom. The number of halogens is 2. The molecule has 0 heterocycles. The van der Waals surface area contributed by atoms with Crippen LogP contribution in [0.25, 0.3) is 0 Å². The maximum atomic E-state index is 0. The second-order valence-electron chi connectivity index (χ2n) is 0. The predicted molar refractivity (Wildman–Crippen MR) is 0 cm³/mol. The summed E-state index contributed by atoms with van der Waals surface area (Å²) in [5, 5.41) is 0. The van der Waals surface area contributed by atoms with Crippen molar-refractivity contribution < 1.29 is 71.6 Å². The topological polar surface area (TPSA) is 0 Å². The summed E-state index contributed by atoms with van der Waals surface area (Å²) < 4.78 is 0. The molecule has 0 saturated heterocycles. The second kappa shape index (κ2) is 19.3. The van der Waals surface area contributed by atoms with Crippen molar-refractivity contribution in [3.8, 4) is 0 Å². The Bertz CT molecular complexity index is 6.00. The molecule has 0 saturated carbocycles. The van der Waals surface area contributed by atoms with Crippen molar-refractivity contribution in [1.29, 1.82) is 0 Å². The van der Waals surface area contributed by atoms with Gasteiger partial charge in [0.05, 0.1) is 0 Å². The summed E-state index contributed by atoms with van der Waals surface area (Å²) in [4.78, 5) is 0. The van der Waals surface area contributed by atoms with Gasteiger partial charge in [-0.15, -0.1) is 0 Å². The van der Waals surface area contributed by atoms with Crippen molar-refractivity contribution in [3.05, 3.63) is 0 Å². The van der Waals surface area contributed by atoms with Crippen LogP contribution in [0.1, 0.15) is 0 Å². The third kappa shape index (κ3) is 8.92. The molecule has 0 unspecified atom stereocenters. The third-order valence-electron chi connectivity index (χ3n) is 0. The van der Waals surface area contributed by atoms with Crippen LogP contribution in [0.2, 0.25) is 0 Å². The van der Waals surface area contributed by atoms with Gasteiger partial charge in [0, 0.05) is 19.5 Å². The van der Waals surface area contributed by atoms with Crippen molar-refractivity contribution in [3.63, 3.8) is 0 Å². The minimum Gasteiger partial charge on any atom is -1.00 e. The van der Waals surface area contributed by atoms with E-state index in [2.05, 4.69) is 0 Å². The van der Waals surface area contributed by atoms with Crippen LogP contribution in [0.3, 0.4) is 0 Å². The summed E-state index contributed by atoms with van der Waals surface area (Å²) >= 11 is 0. The first kappa shape index (κ1) is 35.6. The van der Waals surface area contributed by atoms with E-state index in [1.54, 1.807) is 0 Å². The summed E-state index contributed by atoms with van der Waals surface area (Å²) in [6.07, 6.45) is 0. The molecule has 0 N–H and O–H groups in total. The maximum absolute atomic E-state index is 0. The molecule has 4 heteroatoms. The number of hydrogen-bond acceptors (Lipinski definition) is 0. The van der Waals surface area contributed by atoms with Crippen LogP contribution >= 0.6 is 0 Å². The molecule has 0 aromatic heterocycles. The molecule has 0 bridgehead atoms. The molecule has 0 radical (unpaired) electrons. The molecule has 0 aromatic carbocycles. The second-order valence-corrected chi connectivity index (χ2v) is 0. The standard InChI is InChI=1S/Cd.2ClH.Zn/h;2*1H;/q+2;;;/p-2. The van der Waals surface area contributed by atoms with Crippen LogP contribution in [0.15, 0.2) is 0 Å². The van der Waals surface area contributed by atoms with Crippen LogP contribution in [0.4, 0.5) is 0 Å². The van der Waals surface area contributed by atoms with Gasteiger partial charge in [-0.3, -0.25) is 0 Å². The summed E-state index contributed by atoms with van der Waals surface area (Å²) in [5.41, 5.74) is 0. The maximum Gasteiger partial charge on any atom is 2.00 e. The SMILES string of the molecule is [Cd+2].[Cl-].[Cl-].[Zn]. The Hall–Kier alpha value is 2.13. The van der Waals surface area contributed by atoms with E-state index in [1.807, 2.05) is 0 Å². The van der Waals surface area contributed by atoms with Gasteiger partial charge in [0.15, 0.2) is 0 Å². The van der Waals surface area contributed by atoms with E-state index in [0.717, 1.165) is 0 Å². The Kier molecular flexibility index (Phi) is 172. The Balaban J connectivity index is 0. The first-order valence-corrected chi connectivity index (χ1v) is 0. The zero-order valence-electron chi connectivity index (χ0n) is 2.17. The third-order valence-corrected chi connectivity index (χ3v) is 0. The van der Waals surface area contributed by atoms with Crippen molar-refractivity contribution in [2.45, 2.75) is 0 Å². The molecule has 0 nitrogen and oxygen atoms in total. The van der Waals surface area contributed by atoms with Crippen molar-refractivity contribution in [1.82, 2.24) is 0 Å². The molecule has 0 spiro atoms. The average Bonchev–Trinajstić information content (AvgIpc) is 0. The molecule has 0 aliphatic rings. The van der Waals surface area contributed by atoms with Crippen LogP contribution in [-0.4, -0.2) is 0 Å². The fourth-order valence-corrected chi connectivity index (χ4v) is 0. The Morgan fingerprint density at radius 1 is 0.750 bits per heavy atom. The van der Waals surface area contributed by atoms with Crippen LogP contribution in [0.5, 0.6) is 0 Å². The molecule has 0 aliphatic heterocycles. The molecule has 0 amide bonds. The summed E-state index contributed by atoms with van der Waals surface area (Å²) in [6, 6.07) is 0. The molecular formula is CdCl2Zn. The van der Waals surface area contributed by atoms with Gasteiger partial charge in [0.2, 0.25) is 0 Å². The summed E-state index contributed by atoms with van der Waals surface area (Å²) in [6.45, 7) is 0. The zero-order valence-corrected chi connectivity index (χ0v) is 10.7. The fourth-order valence-electron chi connectivity index (χ4n) is 0. The van der Waals surface area contributed by atoms with Gasteiger partial charge in [-0.2, -0.15) is 0 Å².